The van der Waals surface area contributed by atoms with Crippen LogP contribution in [0.15, 0.2) is 29.6 Å². The molecule has 0 aromatic heterocycles. The highest BCUT2D eigenvalue weighted by molar-refractivity contribution is 5.88. The van der Waals surface area contributed by atoms with E-state index in [9.17, 15) is 19.8 Å². The fourth-order valence-electron chi connectivity index (χ4n) is 0.798. The molecule has 0 saturated heterocycles. The van der Waals surface area contributed by atoms with Crippen molar-refractivity contribution in [2.75, 3.05) is 0 Å². The average Bonchev–Trinajstić information content (AvgIpc) is 2.32. The molecule has 6 nitrogen and oxygen atoms in total. The van der Waals surface area contributed by atoms with Crippen LogP contribution < -0.4 is 5.32 Å². The summed E-state index contributed by atoms with van der Waals surface area (Å²) in [5.74, 6) is -1.43. The first kappa shape index (κ1) is 15.0. The lowest BCUT2D eigenvalue weighted by Crippen LogP contribution is -2.19. The minimum atomic E-state index is -1.43. The average molecular weight is 240 g/mol. The van der Waals surface area contributed by atoms with Gasteiger partial charge in [-0.15, -0.1) is 0 Å². The van der Waals surface area contributed by atoms with Crippen molar-refractivity contribution in [3.05, 3.63) is 24.6 Å². The Morgan fingerprint density at radius 3 is 2.71 bits per heavy atom. The van der Waals surface area contributed by atoms with E-state index in [1.54, 1.807) is 0 Å². The SMILES string of the molecule is C=CC(=O)N/C=C(\O)C(O)C=NC(=O)CCC. The summed E-state index contributed by atoms with van der Waals surface area (Å²) in [4.78, 5) is 25.2. The maximum Gasteiger partial charge on any atom is 0.247 e. The zero-order chi connectivity index (χ0) is 13.3. The van der Waals surface area contributed by atoms with Crippen LogP contribution in [0.3, 0.4) is 0 Å². The number of aliphatic hydroxyl groups excluding tert-OH is 2. The largest absolute Gasteiger partial charge is 0.508 e. The minimum absolute atomic E-state index is 0.279. The van der Waals surface area contributed by atoms with Crippen LogP contribution >= 0.6 is 0 Å². The van der Waals surface area contributed by atoms with Crippen LogP contribution in [0.2, 0.25) is 0 Å². The molecule has 0 rings (SSSR count). The van der Waals surface area contributed by atoms with E-state index in [1.165, 1.54) is 0 Å². The zero-order valence-corrected chi connectivity index (χ0v) is 9.59. The Labute approximate surface area is 99.4 Å². The first-order valence-corrected chi connectivity index (χ1v) is 5.08. The number of hydrogen-bond acceptors (Lipinski definition) is 4. The lowest BCUT2D eigenvalue weighted by atomic mass is 10.3. The van der Waals surface area contributed by atoms with E-state index < -0.39 is 17.8 Å². The molecule has 3 N–H and O–H groups in total. The van der Waals surface area contributed by atoms with Crippen molar-refractivity contribution >= 4 is 18.0 Å². The fourth-order valence-corrected chi connectivity index (χ4v) is 0.798. The van der Waals surface area contributed by atoms with Crippen molar-refractivity contribution in [3.63, 3.8) is 0 Å². The van der Waals surface area contributed by atoms with Gasteiger partial charge in [-0.1, -0.05) is 13.5 Å². The molecular weight excluding hydrogens is 224 g/mol. The molecular formula is C11H16N2O4. The summed E-state index contributed by atoms with van der Waals surface area (Å²) in [6.07, 6.45) is 2.33. The number of nitrogens with one attached hydrogen (secondary N) is 1. The molecule has 0 radical (unpaired) electrons. The van der Waals surface area contributed by atoms with Gasteiger partial charge in [-0.05, 0) is 12.5 Å². The normalized spacial score (nSPS) is 13.4. The van der Waals surface area contributed by atoms with Gasteiger partial charge in [0, 0.05) is 18.8 Å². The van der Waals surface area contributed by atoms with Gasteiger partial charge >= 0.3 is 0 Å². The smallest absolute Gasteiger partial charge is 0.247 e. The summed E-state index contributed by atoms with van der Waals surface area (Å²) >= 11 is 0. The Morgan fingerprint density at radius 2 is 2.18 bits per heavy atom. The Morgan fingerprint density at radius 1 is 1.53 bits per heavy atom. The maximum absolute atomic E-state index is 11.0. The standard InChI is InChI=1S/C11H16N2O4/c1-3-5-11(17)13-7-9(15)8(14)6-12-10(16)4-2/h4,6-7,9,14-15H,2-3,5H2,1H3,(H,12,16)/b8-6-,13-7?. The molecule has 1 atom stereocenters. The Kier molecular flexibility index (Phi) is 7.29. The van der Waals surface area contributed by atoms with Crippen LogP contribution in [-0.2, 0) is 9.59 Å². The summed E-state index contributed by atoms with van der Waals surface area (Å²) < 4.78 is 0. The third-order valence-corrected chi connectivity index (χ3v) is 1.67. The van der Waals surface area contributed by atoms with Crippen LogP contribution in [-0.4, -0.2) is 34.3 Å². The molecule has 0 heterocycles. The van der Waals surface area contributed by atoms with Crippen LogP contribution in [0.25, 0.3) is 0 Å². The Bertz CT molecular complexity index is 347. The van der Waals surface area contributed by atoms with Crippen LogP contribution in [0.5, 0.6) is 0 Å². The van der Waals surface area contributed by atoms with Gasteiger partial charge in [0.05, 0.1) is 0 Å². The van der Waals surface area contributed by atoms with Gasteiger partial charge in [-0.25, -0.2) is 4.99 Å². The molecule has 0 saturated carbocycles. The predicted molar refractivity (Wildman–Crippen MR) is 63.5 cm³/mol. The monoisotopic (exact) mass is 240 g/mol. The van der Waals surface area contributed by atoms with Crippen LogP contribution in [0.4, 0.5) is 0 Å². The number of aliphatic hydroxyl groups is 2. The fraction of sp³-hybridized carbons (Fsp3) is 0.364. The number of amides is 2. The number of hydrogen-bond donors (Lipinski definition) is 3. The van der Waals surface area contributed by atoms with Gasteiger partial charge in [0.15, 0.2) is 0 Å². The molecule has 0 aromatic rings. The molecule has 0 spiro atoms. The van der Waals surface area contributed by atoms with Gasteiger partial charge in [0.25, 0.3) is 0 Å². The topological polar surface area (TPSA) is 99.0 Å². The van der Waals surface area contributed by atoms with Crippen molar-refractivity contribution in [1.29, 1.82) is 0 Å². The molecule has 1 unspecified atom stereocenters. The number of aliphatic imine (C=N–C) groups is 1. The van der Waals surface area contributed by atoms with Crippen LogP contribution in [0, 0.1) is 0 Å². The summed E-state index contributed by atoms with van der Waals surface area (Å²) in [6, 6.07) is 0. The number of nitrogens with zero attached hydrogens (tertiary/aromatic N) is 1. The van der Waals surface area contributed by atoms with Crippen molar-refractivity contribution in [1.82, 2.24) is 5.32 Å². The molecule has 6 heteroatoms. The second-order valence-electron chi connectivity index (χ2n) is 3.15. The van der Waals surface area contributed by atoms with Gasteiger partial charge in [-0.2, -0.15) is 0 Å². The highest BCUT2D eigenvalue weighted by atomic mass is 16.3. The second-order valence-corrected chi connectivity index (χ2v) is 3.15. The Balaban J connectivity index is 4.30. The number of carbonyl (C=O) groups is 2. The molecule has 0 aliphatic heterocycles. The van der Waals surface area contributed by atoms with E-state index in [2.05, 4.69) is 16.9 Å². The lowest BCUT2D eigenvalue weighted by molar-refractivity contribution is -0.118. The summed E-state index contributed by atoms with van der Waals surface area (Å²) in [5.41, 5.74) is 0. The zero-order valence-electron chi connectivity index (χ0n) is 9.59. The molecule has 0 bridgehead atoms. The van der Waals surface area contributed by atoms with E-state index in [-0.39, 0.29) is 12.3 Å². The molecule has 94 valence electrons. The minimum Gasteiger partial charge on any atom is -0.508 e. The third-order valence-electron chi connectivity index (χ3n) is 1.67. The first-order valence-electron chi connectivity index (χ1n) is 5.08. The molecule has 17 heavy (non-hydrogen) atoms. The molecule has 0 aliphatic rings. The summed E-state index contributed by atoms with van der Waals surface area (Å²) in [6.45, 7) is 5.03. The highest BCUT2D eigenvalue weighted by Crippen LogP contribution is 1.95. The van der Waals surface area contributed by atoms with Crippen LogP contribution in [0.1, 0.15) is 19.8 Å². The first-order chi connectivity index (χ1) is 8.01. The van der Waals surface area contributed by atoms with Crippen molar-refractivity contribution < 1.29 is 19.8 Å². The summed E-state index contributed by atoms with van der Waals surface area (Å²) in [7, 11) is 0. The molecule has 0 aliphatic carbocycles. The molecule has 0 aromatic carbocycles. The summed E-state index contributed by atoms with van der Waals surface area (Å²) in [5, 5.41) is 20.7. The van der Waals surface area contributed by atoms with Gasteiger partial charge in [-0.3, -0.25) is 9.59 Å². The highest BCUT2D eigenvalue weighted by Gasteiger charge is 2.07. The molecule has 2 amide bonds. The Hall–Kier alpha value is -1.95. The second kappa shape index (κ2) is 8.23. The predicted octanol–water partition coefficient (Wildman–Crippen LogP) is 0.446. The van der Waals surface area contributed by atoms with Crippen molar-refractivity contribution in [2.24, 2.45) is 4.99 Å². The quantitative estimate of drug-likeness (QED) is 0.356. The maximum atomic E-state index is 11.0. The number of carbonyl (C=O) groups excluding carboxylic acids is 2. The third kappa shape index (κ3) is 7.02. The van der Waals surface area contributed by atoms with E-state index in [0.29, 0.717) is 6.42 Å². The molecule has 0 fully saturated rings. The van der Waals surface area contributed by atoms with Gasteiger partial charge < -0.3 is 15.5 Å². The van der Waals surface area contributed by atoms with Gasteiger partial charge in [0.1, 0.15) is 11.9 Å². The van der Waals surface area contributed by atoms with E-state index in [1.807, 2.05) is 6.92 Å². The van der Waals surface area contributed by atoms with Crippen molar-refractivity contribution in [3.8, 4) is 0 Å². The lowest BCUT2D eigenvalue weighted by Gasteiger charge is -2.03. The van der Waals surface area contributed by atoms with E-state index >= 15 is 0 Å². The van der Waals surface area contributed by atoms with E-state index in [0.717, 1.165) is 18.5 Å². The van der Waals surface area contributed by atoms with Gasteiger partial charge in [0.2, 0.25) is 11.8 Å². The van der Waals surface area contributed by atoms with E-state index in [4.69, 9.17) is 0 Å². The van der Waals surface area contributed by atoms with Crippen molar-refractivity contribution in [2.45, 2.75) is 25.9 Å². The number of rotatable bonds is 6.